The van der Waals surface area contributed by atoms with Gasteiger partial charge in [0.05, 0.1) is 17.7 Å². The number of nitrogens with zero attached hydrogens (tertiary/aromatic N) is 2. The highest BCUT2D eigenvalue weighted by Gasteiger charge is 2.24. The van der Waals surface area contributed by atoms with Crippen molar-refractivity contribution in [2.24, 2.45) is 5.92 Å². The predicted molar refractivity (Wildman–Crippen MR) is 96.5 cm³/mol. The number of nitro benzene ring substituents is 1. The Balaban J connectivity index is 1.38. The first-order valence-electron chi connectivity index (χ1n) is 8.87. The number of nitro groups is 1. The molecule has 2 aromatic rings. The molecule has 1 aromatic heterocycles. The van der Waals surface area contributed by atoms with Crippen LogP contribution in [-0.2, 0) is 17.8 Å². The number of nitrogens with one attached hydrogen (secondary N) is 1. The average Bonchev–Trinajstić information content (AvgIpc) is 3.19. The molecule has 1 aromatic carbocycles. The molecule has 1 fully saturated rings. The molecule has 0 atom stereocenters. The third-order valence-corrected chi connectivity index (χ3v) is 4.84. The molecule has 0 saturated carbocycles. The van der Waals surface area contributed by atoms with Gasteiger partial charge in [-0.15, -0.1) is 0 Å². The summed E-state index contributed by atoms with van der Waals surface area (Å²) in [6.07, 6.45) is 4.16. The van der Waals surface area contributed by atoms with Gasteiger partial charge in [0.1, 0.15) is 5.76 Å². The largest absolute Gasteiger partial charge is 0.467 e. The van der Waals surface area contributed by atoms with Crippen LogP contribution in [0.3, 0.4) is 0 Å². The molecule has 0 unspecified atom stereocenters. The predicted octanol–water partition coefficient (Wildman–Crippen LogP) is 2.76. The third kappa shape index (κ3) is 4.92. The highest BCUT2D eigenvalue weighted by molar-refractivity contribution is 5.78. The normalized spacial score (nSPS) is 15.7. The Morgan fingerprint density at radius 1 is 1.23 bits per heavy atom. The summed E-state index contributed by atoms with van der Waals surface area (Å²) < 4.78 is 5.22. The van der Waals surface area contributed by atoms with Gasteiger partial charge >= 0.3 is 0 Å². The fraction of sp³-hybridized carbons (Fsp3) is 0.421. The van der Waals surface area contributed by atoms with E-state index in [9.17, 15) is 14.9 Å². The van der Waals surface area contributed by atoms with Crippen molar-refractivity contribution in [3.63, 3.8) is 0 Å². The van der Waals surface area contributed by atoms with Crippen molar-refractivity contribution in [1.82, 2.24) is 10.2 Å². The molecule has 138 valence electrons. The van der Waals surface area contributed by atoms with E-state index in [1.54, 1.807) is 18.4 Å². The Kier molecular flexibility index (Phi) is 6.01. The van der Waals surface area contributed by atoms with E-state index < -0.39 is 0 Å². The van der Waals surface area contributed by atoms with Crippen LogP contribution in [0.2, 0.25) is 0 Å². The Labute approximate surface area is 152 Å². The zero-order chi connectivity index (χ0) is 18.4. The maximum Gasteiger partial charge on any atom is 0.269 e. The zero-order valence-electron chi connectivity index (χ0n) is 14.6. The van der Waals surface area contributed by atoms with Gasteiger partial charge in [0.2, 0.25) is 5.91 Å². The van der Waals surface area contributed by atoms with Gasteiger partial charge in [-0.2, -0.15) is 0 Å². The van der Waals surface area contributed by atoms with E-state index in [4.69, 9.17) is 4.42 Å². The Bertz CT molecular complexity index is 720. The summed E-state index contributed by atoms with van der Waals surface area (Å²) in [5.41, 5.74) is 1.21. The van der Waals surface area contributed by atoms with Crippen molar-refractivity contribution < 1.29 is 14.1 Å². The molecule has 7 nitrogen and oxygen atoms in total. The van der Waals surface area contributed by atoms with Crippen molar-refractivity contribution in [3.05, 3.63) is 64.1 Å². The van der Waals surface area contributed by atoms with Gasteiger partial charge in [0.25, 0.3) is 5.69 Å². The summed E-state index contributed by atoms with van der Waals surface area (Å²) in [7, 11) is 0. The second-order valence-electron chi connectivity index (χ2n) is 6.59. The minimum atomic E-state index is -0.383. The molecule has 1 N–H and O–H groups in total. The summed E-state index contributed by atoms with van der Waals surface area (Å²) in [6, 6.07) is 10.4. The molecule has 1 amide bonds. The van der Waals surface area contributed by atoms with E-state index in [-0.39, 0.29) is 22.4 Å². The zero-order valence-corrected chi connectivity index (χ0v) is 14.6. The molecule has 7 heteroatoms. The Morgan fingerprint density at radius 3 is 2.58 bits per heavy atom. The number of carbonyl (C=O) groups excluding carboxylic acids is 1. The Morgan fingerprint density at radius 2 is 1.96 bits per heavy atom. The van der Waals surface area contributed by atoms with E-state index in [0.29, 0.717) is 6.54 Å². The van der Waals surface area contributed by atoms with Crippen LogP contribution < -0.4 is 5.32 Å². The molecule has 3 rings (SSSR count). The quantitative estimate of drug-likeness (QED) is 0.608. The minimum absolute atomic E-state index is 0.0561. The van der Waals surface area contributed by atoms with Crippen LogP contribution in [0.15, 0.2) is 47.1 Å². The maximum atomic E-state index is 12.2. The molecule has 0 radical (unpaired) electrons. The lowest BCUT2D eigenvalue weighted by Gasteiger charge is -2.31. The van der Waals surface area contributed by atoms with Crippen molar-refractivity contribution in [3.8, 4) is 0 Å². The van der Waals surface area contributed by atoms with E-state index >= 15 is 0 Å². The molecule has 0 bridgehead atoms. The standard InChI is InChI=1S/C19H23N3O4/c23-19(20-14-18-2-1-13-26-18)16-8-11-21(12-9-16)10-7-15-3-5-17(6-4-15)22(24)25/h1-6,13,16H,7-12,14H2,(H,20,23). The fourth-order valence-electron chi connectivity index (χ4n) is 3.22. The van der Waals surface area contributed by atoms with Crippen LogP contribution in [0.4, 0.5) is 5.69 Å². The Hall–Kier alpha value is -2.67. The number of likely N-dealkylation sites (tertiary alicyclic amines) is 1. The number of carbonyl (C=O) groups is 1. The first kappa shape index (κ1) is 18.1. The molecular formula is C19H23N3O4. The number of furan rings is 1. The summed E-state index contributed by atoms with van der Waals surface area (Å²) in [6.45, 7) is 3.13. The average molecular weight is 357 g/mol. The van der Waals surface area contributed by atoms with Gasteiger partial charge in [-0.3, -0.25) is 14.9 Å². The summed E-state index contributed by atoms with van der Waals surface area (Å²) in [5.74, 6) is 0.913. The van der Waals surface area contributed by atoms with Gasteiger partial charge in [-0.25, -0.2) is 0 Å². The number of non-ortho nitro benzene ring substituents is 1. The third-order valence-electron chi connectivity index (χ3n) is 4.84. The first-order chi connectivity index (χ1) is 12.6. The second kappa shape index (κ2) is 8.62. The molecule has 2 heterocycles. The van der Waals surface area contributed by atoms with Gasteiger partial charge in [-0.05, 0) is 50.0 Å². The molecule has 1 aliphatic rings. The maximum absolute atomic E-state index is 12.2. The fourth-order valence-corrected chi connectivity index (χ4v) is 3.22. The van der Waals surface area contributed by atoms with E-state index in [1.165, 1.54) is 0 Å². The number of rotatable bonds is 7. The van der Waals surface area contributed by atoms with E-state index in [1.807, 2.05) is 24.3 Å². The monoisotopic (exact) mass is 357 g/mol. The molecule has 1 aliphatic heterocycles. The van der Waals surface area contributed by atoms with Crippen LogP contribution in [0.1, 0.15) is 24.2 Å². The highest BCUT2D eigenvalue weighted by Crippen LogP contribution is 2.19. The lowest BCUT2D eigenvalue weighted by atomic mass is 9.95. The van der Waals surface area contributed by atoms with Gasteiger partial charge in [0, 0.05) is 24.6 Å². The molecule has 1 saturated heterocycles. The van der Waals surface area contributed by atoms with Crippen LogP contribution >= 0.6 is 0 Å². The molecular weight excluding hydrogens is 334 g/mol. The molecule has 26 heavy (non-hydrogen) atoms. The number of hydrogen-bond acceptors (Lipinski definition) is 5. The van der Waals surface area contributed by atoms with Gasteiger partial charge in [0.15, 0.2) is 0 Å². The smallest absolute Gasteiger partial charge is 0.269 e. The second-order valence-corrected chi connectivity index (χ2v) is 6.59. The van der Waals surface area contributed by atoms with Crippen molar-refractivity contribution >= 4 is 11.6 Å². The van der Waals surface area contributed by atoms with Crippen molar-refractivity contribution in [1.29, 1.82) is 0 Å². The number of benzene rings is 1. The number of hydrogen-bond donors (Lipinski definition) is 1. The lowest BCUT2D eigenvalue weighted by molar-refractivity contribution is -0.384. The minimum Gasteiger partial charge on any atom is -0.467 e. The highest BCUT2D eigenvalue weighted by atomic mass is 16.6. The lowest BCUT2D eigenvalue weighted by Crippen LogP contribution is -2.41. The number of piperidine rings is 1. The summed E-state index contributed by atoms with van der Waals surface area (Å²) in [4.78, 5) is 24.9. The van der Waals surface area contributed by atoms with E-state index in [2.05, 4.69) is 10.2 Å². The number of amides is 1. The van der Waals surface area contributed by atoms with Crippen LogP contribution in [0.5, 0.6) is 0 Å². The summed E-state index contributed by atoms with van der Waals surface area (Å²) in [5, 5.41) is 13.6. The van der Waals surface area contributed by atoms with Gasteiger partial charge < -0.3 is 14.6 Å². The SMILES string of the molecule is O=C(NCc1ccco1)C1CCN(CCc2ccc([N+](=O)[O-])cc2)CC1. The van der Waals surface area contributed by atoms with Crippen molar-refractivity contribution in [2.75, 3.05) is 19.6 Å². The topological polar surface area (TPSA) is 88.6 Å². The van der Waals surface area contributed by atoms with Crippen LogP contribution in [-0.4, -0.2) is 35.4 Å². The molecule has 0 aliphatic carbocycles. The van der Waals surface area contributed by atoms with Crippen LogP contribution in [0, 0.1) is 16.0 Å². The van der Waals surface area contributed by atoms with Crippen molar-refractivity contribution in [2.45, 2.75) is 25.8 Å². The van der Waals surface area contributed by atoms with Crippen LogP contribution in [0.25, 0.3) is 0 Å². The van der Waals surface area contributed by atoms with Gasteiger partial charge in [-0.1, -0.05) is 12.1 Å². The summed E-state index contributed by atoms with van der Waals surface area (Å²) >= 11 is 0. The first-order valence-corrected chi connectivity index (χ1v) is 8.87. The molecule has 0 spiro atoms. The van der Waals surface area contributed by atoms with E-state index in [0.717, 1.165) is 50.2 Å².